The largest absolute Gasteiger partial charge is 0.309 e. The second-order valence-electron chi connectivity index (χ2n) is 17.8. The van der Waals surface area contributed by atoms with Gasteiger partial charge in [-0.2, -0.15) is 0 Å². The average Bonchev–Trinajstić information content (AvgIpc) is 3.97. The highest BCUT2D eigenvalue weighted by molar-refractivity contribution is 6.15. The quantitative estimate of drug-likeness (QED) is 0.158. The van der Waals surface area contributed by atoms with Crippen LogP contribution in [0.5, 0.6) is 0 Å². The summed E-state index contributed by atoms with van der Waals surface area (Å²) in [4.78, 5) is 2.65. The van der Waals surface area contributed by atoms with E-state index in [0.29, 0.717) is 11.8 Å². The van der Waals surface area contributed by atoms with Crippen molar-refractivity contribution in [2.24, 2.45) is 11.8 Å². The summed E-state index contributed by atoms with van der Waals surface area (Å²) >= 11 is 0. The highest BCUT2D eigenvalue weighted by atomic mass is 15.1. The van der Waals surface area contributed by atoms with Crippen LogP contribution in [0.25, 0.3) is 43.8 Å². The van der Waals surface area contributed by atoms with Crippen LogP contribution in [0.1, 0.15) is 66.3 Å². The average molecular weight is 756 g/mol. The van der Waals surface area contributed by atoms with Crippen LogP contribution in [-0.2, 0) is 10.8 Å². The van der Waals surface area contributed by atoms with Gasteiger partial charge in [0, 0.05) is 22.1 Å². The molecule has 1 spiro atoms. The van der Waals surface area contributed by atoms with E-state index in [1.165, 1.54) is 133 Å². The Balaban J connectivity index is 1.14. The van der Waals surface area contributed by atoms with Gasteiger partial charge in [-0.15, -0.1) is 0 Å². The number of fused-ring (bicyclic) bond motifs is 12. The van der Waals surface area contributed by atoms with Gasteiger partial charge in [0.1, 0.15) is 0 Å². The lowest BCUT2D eigenvalue weighted by Gasteiger charge is -2.37. The van der Waals surface area contributed by atoms with E-state index < -0.39 is 5.41 Å². The van der Waals surface area contributed by atoms with Gasteiger partial charge in [0.15, 0.2) is 0 Å². The molecule has 2 unspecified atom stereocenters. The van der Waals surface area contributed by atoms with Crippen molar-refractivity contribution in [1.82, 2.24) is 0 Å². The Morgan fingerprint density at radius 2 is 1.17 bits per heavy atom. The van der Waals surface area contributed by atoms with Crippen LogP contribution in [0.15, 0.2) is 194 Å². The fraction of sp³-hybridized carbons (Fsp3) is 0.172. The second-order valence-corrected chi connectivity index (χ2v) is 17.8. The molecule has 3 atom stereocenters. The van der Waals surface area contributed by atoms with Gasteiger partial charge in [-0.1, -0.05) is 183 Å². The van der Waals surface area contributed by atoms with Crippen LogP contribution >= 0.6 is 0 Å². The molecule has 5 aliphatic carbocycles. The third-order valence-corrected chi connectivity index (χ3v) is 14.9. The lowest BCUT2D eigenvalue weighted by molar-refractivity contribution is 0.353. The van der Waals surface area contributed by atoms with Crippen LogP contribution in [-0.4, -0.2) is 0 Å². The highest BCUT2D eigenvalue weighted by Gasteiger charge is 2.50. The number of allylic oxidation sites excluding steroid dienone is 4. The van der Waals surface area contributed by atoms with Gasteiger partial charge in [0.25, 0.3) is 0 Å². The van der Waals surface area contributed by atoms with E-state index in [-0.39, 0.29) is 5.41 Å². The zero-order chi connectivity index (χ0) is 38.7. The normalized spacial score (nSPS) is 21.4. The van der Waals surface area contributed by atoms with E-state index in [9.17, 15) is 0 Å². The van der Waals surface area contributed by atoms with Gasteiger partial charge in [0.2, 0.25) is 0 Å². The van der Waals surface area contributed by atoms with E-state index in [1.54, 1.807) is 0 Å². The van der Waals surface area contributed by atoms with Crippen LogP contribution in [0.2, 0.25) is 0 Å². The first-order valence-electron chi connectivity index (χ1n) is 21.9. The molecule has 0 saturated heterocycles. The molecule has 2 saturated carbocycles. The van der Waals surface area contributed by atoms with Gasteiger partial charge in [-0.05, 0) is 122 Å². The van der Waals surface area contributed by atoms with E-state index in [1.807, 2.05) is 0 Å². The molecule has 8 aromatic carbocycles. The first kappa shape index (κ1) is 33.5. The van der Waals surface area contributed by atoms with Crippen molar-refractivity contribution in [2.45, 2.75) is 49.4 Å². The minimum absolute atomic E-state index is 0.0554. The van der Waals surface area contributed by atoms with Crippen molar-refractivity contribution >= 4 is 38.6 Å². The predicted octanol–water partition coefficient (Wildman–Crippen LogP) is 15.1. The molecule has 282 valence electrons. The zero-order valence-corrected chi connectivity index (χ0v) is 33.2. The predicted molar refractivity (Wildman–Crippen MR) is 246 cm³/mol. The first-order valence-corrected chi connectivity index (χ1v) is 21.9. The summed E-state index contributed by atoms with van der Waals surface area (Å²) in [6.45, 7) is 0. The summed E-state index contributed by atoms with van der Waals surface area (Å²) in [5.74, 6) is 1.30. The van der Waals surface area contributed by atoms with Crippen molar-refractivity contribution in [3.8, 4) is 22.3 Å². The maximum Gasteiger partial charge on any atom is 0.0711 e. The van der Waals surface area contributed by atoms with E-state index >= 15 is 0 Å². The number of rotatable bonds is 5. The van der Waals surface area contributed by atoms with Crippen LogP contribution in [0, 0.1) is 11.8 Å². The minimum atomic E-state index is -0.443. The van der Waals surface area contributed by atoms with Crippen molar-refractivity contribution in [3.63, 3.8) is 0 Å². The van der Waals surface area contributed by atoms with Crippen LogP contribution < -0.4 is 4.90 Å². The molecule has 59 heavy (non-hydrogen) atoms. The Labute approximate surface area is 347 Å². The Hall–Kier alpha value is -6.44. The summed E-state index contributed by atoms with van der Waals surface area (Å²) < 4.78 is 0. The van der Waals surface area contributed by atoms with Crippen LogP contribution in [0.3, 0.4) is 0 Å². The summed E-state index contributed by atoms with van der Waals surface area (Å²) in [7, 11) is 0. The summed E-state index contributed by atoms with van der Waals surface area (Å²) in [6.07, 6.45) is 15.1. The lowest BCUT2D eigenvalue weighted by Crippen LogP contribution is -2.30. The molecule has 1 nitrogen and oxygen atoms in total. The lowest BCUT2D eigenvalue weighted by atomic mass is 9.66. The maximum atomic E-state index is 2.65. The fourth-order valence-electron chi connectivity index (χ4n) is 12.3. The summed E-state index contributed by atoms with van der Waals surface area (Å²) in [5.41, 5.74) is 17.3. The van der Waals surface area contributed by atoms with Gasteiger partial charge >= 0.3 is 0 Å². The summed E-state index contributed by atoms with van der Waals surface area (Å²) in [5, 5.41) is 5.09. The van der Waals surface area contributed by atoms with E-state index in [0.717, 1.165) is 0 Å². The monoisotopic (exact) mass is 755 g/mol. The molecule has 1 heteroatoms. The second kappa shape index (κ2) is 12.5. The smallest absolute Gasteiger partial charge is 0.0711 e. The highest BCUT2D eigenvalue weighted by Crippen LogP contribution is 2.62. The Morgan fingerprint density at radius 1 is 0.475 bits per heavy atom. The van der Waals surface area contributed by atoms with Gasteiger partial charge in [0.05, 0.1) is 16.8 Å². The third-order valence-electron chi connectivity index (χ3n) is 14.9. The zero-order valence-electron chi connectivity index (χ0n) is 33.2. The molecule has 0 amide bonds. The molecule has 0 radical (unpaired) electrons. The number of anilines is 3. The van der Waals surface area contributed by atoms with Crippen LogP contribution in [0.4, 0.5) is 17.1 Å². The maximum absolute atomic E-state index is 2.65. The fourth-order valence-corrected chi connectivity index (χ4v) is 12.3. The van der Waals surface area contributed by atoms with E-state index in [2.05, 4.69) is 193 Å². The molecule has 0 aromatic heterocycles. The molecule has 0 bridgehead atoms. The molecule has 0 heterocycles. The molecule has 8 aromatic rings. The van der Waals surface area contributed by atoms with Gasteiger partial charge in [-0.3, -0.25) is 0 Å². The molecule has 13 rings (SSSR count). The summed E-state index contributed by atoms with van der Waals surface area (Å²) in [6, 6.07) is 65.1. The Morgan fingerprint density at radius 3 is 2.02 bits per heavy atom. The third kappa shape index (κ3) is 4.62. The Bertz CT molecular complexity index is 3090. The molecular formula is C58H45N. The first-order chi connectivity index (χ1) is 29.2. The van der Waals surface area contributed by atoms with Gasteiger partial charge < -0.3 is 4.90 Å². The number of hydrogen-bond acceptors (Lipinski definition) is 1. The Kier molecular flexibility index (Phi) is 7.12. The van der Waals surface area contributed by atoms with E-state index in [4.69, 9.17) is 0 Å². The van der Waals surface area contributed by atoms with Crippen molar-refractivity contribution in [1.29, 1.82) is 0 Å². The molecule has 5 aliphatic rings. The number of benzene rings is 8. The van der Waals surface area contributed by atoms with Crippen molar-refractivity contribution < 1.29 is 0 Å². The SMILES string of the molecule is C1=C[C@H]2CC2C=C1C1(c2ccccc2)c2ccccc2-c2ccc(N(c3cccc4c3-c3ccccc3C43CCCCC3)c3cc4ccccc4c4ccccc34)cc21. The van der Waals surface area contributed by atoms with Crippen molar-refractivity contribution in [3.05, 3.63) is 221 Å². The molecule has 0 aliphatic heterocycles. The topological polar surface area (TPSA) is 3.24 Å². The minimum Gasteiger partial charge on any atom is -0.309 e. The molecular weight excluding hydrogens is 711 g/mol. The van der Waals surface area contributed by atoms with Gasteiger partial charge in [-0.25, -0.2) is 0 Å². The standard InChI is InChI=1S/C58H45N/c1-3-17-41(18-4-1)58(42-29-28-38-34-40(38)35-42)51-25-12-9-21-46(51)47-31-30-43(37-53(47)58)59(55-36-39-16-5-6-19-44(39)45-20-7-8-22-48(45)55)54-27-15-26-52-56(54)49-23-10-11-24-50(49)57(52)32-13-2-14-33-57/h1,3-12,15-31,35-38,40H,2,13-14,32-34H2/t38-,40?,58?/m0/s1. The molecule has 2 fully saturated rings. The van der Waals surface area contributed by atoms with Crippen molar-refractivity contribution in [2.75, 3.05) is 4.90 Å². The number of nitrogens with zero attached hydrogens (tertiary/aromatic N) is 1. The molecule has 0 N–H and O–H groups in total. The number of hydrogen-bond donors (Lipinski definition) is 0.